The van der Waals surface area contributed by atoms with Crippen LogP contribution in [0.25, 0.3) is 0 Å². The number of carbonyl (C=O) groups is 1. The van der Waals surface area contributed by atoms with Gasteiger partial charge in [-0.3, -0.25) is 4.79 Å². The Morgan fingerprint density at radius 1 is 1.09 bits per heavy atom. The van der Waals surface area contributed by atoms with Crippen LogP contribution in [0.5, 0.6) is 0 Å². The zero-order valence-corrected chi connectivity index (χ0v) is 19.8. The molecule has 2 aromatic carbocycles. The van der Waals surface area contributed by atoms with Crippen LogP contribution in [0, 0.1) is 5.82 Å². The number of halogens is 4. The highest BCUT2D eigenvalue weighted by Crippen LogP contribution is 2.36. The summed E-state index contributed by atoms with van der Waals surface area (Å²) in [7, 11) is 0. The summed E-state index contributed by atoms with van der Waals surface area (Å²) in [5.41, 5.74) is -1.34. The fourth-order valence-corrected chi connectivity index (χ4v) is 4.27. The molecule has 2 aromatic rings. The van der Waals surface area contributed by atoms with E-state index in [9.17, 15) is 27.5 Å². The Kier molecular flexibility index (Phi) is 7.72. The van der Waals surface area contributed by atoms with Crippen molar-refractivity contribution in [1.29, 1.82) is 0 Å². The summed E-state index contributed by atoms with van der Waals surface area (Å²) in [5.74, 6) is -0.819. The van der Waals surface area contributed by atoms with Crippen LogP contribution in [-0.4, -0.2) is 41.0 Å². The molecular weight excluding hydrogens is 448 g/mol. The summed E-state index contributed by atoms with van der Waals surface area (Å²) < 4.78 is 53.5. The number of alkyl halides is 3. The smallest absolute Gasteiger partial charge is 0.385 e. The van der Waals surface area contributed by atoms with Gasteiger partial charge in [0.2, 0.25) is 0 Å². The fourth-order valence-electron chi connectivity index (χ4n) is 4.27. The maximum Gasteiger partial charge on any atom is 0.416 e. The molecule has 3 rings (SSSR count). The zero-order chi connectivity index (χ0) is 25.1. The van der Waals surface area contributed by atoms with Gasteiger partial charge in [0, 0.05) is 30.7 Å². The molecule has 1 aliphatic heterocycles. The molecule has 0 amide bonds. The second-order valence-electron chi connectivity index (χ2n) is 10.0. The number of rotatable bonds is 7. The minimum absolute atomic E-state index is 0.0667. The number of carbonyl (C=O) groups excluding carboxylic acids is 1. The molecule has 186 valence electrons. The normalized spacial score (nSPS) is 16.9. The van der Waals surface area contributed by atoms with Crippen LogP contribution in [0.1, 0.15) is 67.9 Å². The molecule has 1 aliphatic rings. The van der Waals surface area contributed by atoms with Crippen molar-refractivity contribution in [2.45, 2.75) is 63.8 Å². The highest BCUT2D eigenvalue weighted by atomic mass is 19.4. The summed E-state index contributed by atoms with van der Waals surface area (Å²) >= 11 is 0. The minimum atomic E-state index is -4.46. The van der Waals surface area contributed by atoms with E-state index in [-0.39, 0.29) is 28.9 Å². The van der Waals surface area contributed by atoms with Crippen molar-refractivity contribution < 1.29 is 27.5 Å². The first kappa shape index (κ1) is 26.2. The van der Waals surface area contributed by atoms with E-state index in [4.69, 9.17) is 0 Å². The molecule has 8 heteroatoms. The molecule has 34 heavy (non-hydrogen) atoms. The number of aliphatic hydroxyl groups is 1. The molecule has 0 spiro atoms. The number of likely N-dealkylation sites (tertiary alicyclic amines) is 1. The van der Waals surface area contributed by atoms with Crippen molar-refractivity contribution in [3.8, 4) is 0 Å². The quantitative estimate of drug-likeness (QED) is 0.377. The Bertz CT molecular complexity index is 1010. The lowest BCUT2D eigenvalue weighted by Crippen LogP contribution is -2.43. The number of nitrogens with zero attached hydrogens (tertiary/aromatic N) is 1. The predicted octanol–water partition coefficient (Wildman–Crippen LogP) is 6.00. The SMILES string of the molecule is CC(C)(C)Nc1ccc(C(=O)CCCN2CCC(O)(c3cccc(C(F)(F)F)c3)CC2)c(F)c1. The van der Waals surface area contributed by atoms with E-state index >= 15 is 0 Å². The third kappa shape index (κ3) is 6.79. The lowest BCUT2D eigenvalue weighted by molar-refractivity contribution is -0.137. The molecule has 0 unspecified atom stereocenters. The Labute approximate surface area is 198 Å². The number of anilines is 1. The van der Waals surface area contributed by atoms with Crippen LogP contribution in [0.3, 0.4) is 0 Å². The average Bonchev–Trinajstić information content (AvgIpc) is 2.73. The molecule has 0 aliphatic carbocycles. The van der Waals surface area contributed by atoms with Crippen molar-refractivity contribution in [1.82, 2.24) is 4.90 Å². The van der Waals surface area contributed by atoms with Crippen LogP contribution >= 0.6 is 0 Å². The van der Waals surface area contributed by atoms with Crippen molar-refractivity contribution in [2.75, 3.05) is 25.0 Å². The van der Waals surface area contributed by atoms with Gasteiger partial charge in [0.25, 0.3) is 0 Å². The number of benzene rings is 2. The van der Waals surface area contributed by atoms with Crippen LogP contribution < -0.4 is 5.32 Å². The van der Waals surface area contributed by atoms with Gasteiger partial charge in [0.1, 0.15) is 5.82 Å². The van der Waals surface area contributed by atoms with Crippen molar-refractivity contribution in [3.05, 3.63) is 65.0 Å². The molecule has 1 saturated heterocycles. The zero-order valence-electron chi connectivity index (χ0n) is 19.8. The van der Waals surface area contributed by atoms with Gasteiger partial charge in [-0.25, -0.2) is 4.39 Å². The minimum Gasteiger partial charge on any atom is -0.385 e. The lowest BCUT2D eigenvalue weighted by Gasteiger charge is -2.38. The Balaban J connectivity index is 1.50. The summed E-state index contributed by atoms with van der Waals surface area (Å²) in [6.45, 7) is 7.49. The highest BCUT2D eigenvalue weighted by Gasteiger charge is 2.37. The van der Waals surface area contributed by atoms with Gasteiger partial charge in [0.15, 0.2) is 5.78 Å². The monoisotopic (exact) mass is 480 g/mol. The number of hydrogen-bond donors (Lipinski definition) is 2. The standard InChI is InChI=1S/C26H32F4N2O2/c1-24(2,3)31-20-9-10-21(22(27)17-20)23(33)8-5-13-32-14-11-25(34,12-15-32)18-6-4-7-19(16-18)26(28,29)30/h4,6-7,9-10,16-17,31,34H,5,8,11-15H2,1-3H3. The van der Waals surface area contributed by atoms with Gasteiger partial charge in [0.05, 0.1) is 16.7 Å². The molecule has 1 fully saturated rings. The molecule has 0 bridgehead atoms. The van der Waals surface area contributed by atoms with Gasteiger partial charge >= 0.3 is 6.18 Å². The third-order valence-corrected chi connectivity index (χ3v) is 6.08. The first-order valence-electron chi connectivity index (χ1n) is 11.5. The fraction of sp³-hybridized carbons (Fsp3) is 0.500. The van der Waals surface area contributed by atoms with E-state index in [2.05, 4.69) is 10.2 Å². The maximum absolute atomic E-state index is 14.4. The van der Waals surface area contributed by atoms with Crippen molar-refractivity contribution in [2.24, 2.45) is 0 Å². The summed E-state index contributed by atoms with van der Waals surface area (Å²) in [6.07, 6.45) is -3.12. The molecule has 1 heterocycles. The van der Waals surface area contributed by atoms with Gasteiger partial charge in [-0.15, -0.1) is 0 Å². The lowest BCUT2D eigenvalue weighted by atomic mass is 9.83. The van der Waals surface area contributed by atoms with E-state index in [1.807, 2.05) is 20.8 Å². The van der Waals surface area contributed by atoms with Crippen LogP contribution in [0.2, 0.25) is 0 Å². The first-order chi connectivity index (χ1) is 15.8. The summed E-state index contributed by atoms with van der Waals surface area (Å²) in [4.78, 5) is 14.6. The van der Waals surface area contributed by atoms with Gasteiger partial charge in [-0.05, 0) is 82.5 Å². The maximum atomic E-state index is 14.4. The van der Waals surface area contributed by atoms with E-state index in [0.29, 0.717) is 44.6 Å². The molecule has 2 N–H and O–H groups in total. The summed E-state index contributed by atoms with van der Waals surface area (Å²) in [6, 6.07) is 9.39. The van der Waals surface area contributed by atoms with Crippen molar-refractivity contribution >= 4 is 11.5 Å². The molecule has 0 aromatic heterocycles. The molecular formula is C26H32F4N2O2. The average molecular weight is 481 g/mol. The molecule has 0 saturated carbocycles. The van der Waals surface area contributed by atoms with E-state index < -0.39 is 23.2 Å². The molecule has 0 radical (unpaired) electrons. The van der Waals surface area contributed by atoms with Crippen molar-refractivity contribution in [3.63, 3.8) is 0 Å². The van der Waals surface area contributed by atoms with E-state index in [1.54, 1.807) is 6.07 Å². The first-order valence-corrected chi connectivity index (χ1v) is 11.5. The Hall–Kier alpha value is -2.45. The Morgan fingerprint density at radius 3 is 2.35 bits per heavy atom. The van der Waals surface area contributed by atoms with Gasteiger partial charge in [-0.2, -0.15) is 13.2 Å². The second kappa shape index (κ2) is 10.0. The topological polar surface area (TPSA) is 52.6 Å². The van der Waals surface area contributed by atoms with Crippen LogP contribution in [0.4, 0.5) is 23.2 Å². The van der Waals surface area contributed by atoms with Gasteiger partial charge in [-0.1, -0.05) is 12.1 Å². The van der Waals surface area contributed by atoms with E-state index in [1.165, 1.54) is 24.3 Å². The predicted molar refractivity (Wildman–Crippen MR) is 124 cm³/mol. The highest BCUT2D eigenvalue weighted by molar-refractivity contribution is 5.96. The summed E-state index contributed by atoms with van der Waals surface area (Å²) in [5, 5.41) is 14.1. The number of ketones is 1. The van der Waals surface area contributed by atoms with Crippen LogP contribution in [-0.2, 0) is 11.8 Å². The Morgan fingerprint density at radius 2 is 1.76 bits per heavy atom. The number of piperidine rings is 1. The van der Waals surface area contributed by atoms with Crippen LogP contribution in [0.15, 0.2) is 42.5 Å². The molecule has 0 atom stereocenters. The largest absolute Gasteiger partial charge is 0.416 e. The number of nitrogens with one attached hydrogen (secondary N) is 1. The number of Topliss-reactive ketones (excluding diaryl/α,β-unsaturated/α-hetero) is 1. The number of hydrogen-bond acceptors (Lipinski definition) is 4. The molecule has 4 nitrogen and oxygen atoms in total. The second-order valence-corrected chi connectivity index (χ2v) is 10.0. The van der Waals surface area contributed by atoms with Gasteiger partial charge < -0.3 is 15.3 Å². The third-order valence-electron chi connectivity index (χ3n) is 6.08. The van der Waals surface area contributed by atoms with E-state index in [0.717, 1.165) is 12.1 Å².